The van der Waals surface area contributed by atoms with Crippen molar-refractivity contribution in [3.8, 4) is 0 Å². The number of para-hydroxylation sites is 1. The van der Waals surface area contributed by atoms with Crippen LogP contribution in [0.4, 0.5) is 5.69 Å². The zero-order valence-electron chi connectivity index (χ0n) is 9.06. The maximum absolute atomic E-state index is 11.8. The van der Waals surface area contributed by atoms with E-state index in [2.05, 4.69) is 0 Å². The van der Waals surface area contributed by atoms with Crippen molar-refractivity contribution < 1.29 is 9.59 Å². The Bertz CT molecular complexity index is 494. The van der Waals surface area contributed by atoms with Crippen LogP contribution in [0.25, 0.3) is 0 Å². The first-order chi connectivity index (χ1) is 7.65. The van der Waals surface area contributed by atoms with E-state index >= 15 is 0 Å². The maximum Gasteiger partial charge on any atom is 0.261 e. The molecule has 0 spiro atoms. The minimum Gasteiger partial charge on any atom is -0.269 e. The molecule has 0 saturated heterocycles. The summed E-state index contributed by atoms with van der Waals surface area (Å²) >= 11 is 1.52. The third kappa shape index (κ3) is 1.65. The largest absolute Gasteiger partial charge is 0.269 e. The second-order valence-electron chi connectivity index (χ2n) is 3.48. The molecule has 16 heavy (non-hydrogen) atoms. The number of carbonyl (C=O) groups excluding carboxylic acids is 2. The fourth-order valence-electron chi connectivity index (χ4n) is 1.63. The summed E-state index contributed by atoms with van der Waals surface area (Å²) in [5, 5.41) is 0. The van der Waals surface area contributed by atoms with Gasteiger partial charge < -0.3 is 0 Å². The summed E-state index contributed by atoms with van der Waals surface area (Å²) < 4.78 is 0. The van der Waals surface area contributed by atoms with Gasteiger partial charge in [0.25, 0.3) is 11.8 Å². The lowest BCUT2D eigenvalue weighted by Gasteiger charge is -2.17. The molecule has 0 aromatic heterocycles. The average molecular weight is 233 g/mol. The highest BCUT2D eigenvalue weighted by Gasteiger charge is 2.30. The van der Waals surface area contributed by atoms with Crippen LogP contribution in [0.5, 0.6) is 0 Å². The van der Waals surface area contributed by atoms with E-state index in [1.165, 1.54) is 22.7 Å². The van der Waals surface area contributed by atoms with Gasteiger partial charge in [0, 0.05) is 16.5 Å². The van der Waals surface area contributed by atoms with E-state index in [4.69, 9.17) is 0 Å². The fraction of sp³-hybridized carbons (Fsp3) is 0.167. The molecular formula is C12H11NO2S. The molecule has 0 aliphatic carbocycles. The zero-order valence-corrected chi connectivity index (χ0v) is 9.88. The molecule has 1 aromatic rings. The van der Waals surface area contributed by atoms with Crippen LogP contribution in [0.1, 0.15) is 6.92 Å². The molecule has 0 atom stereocenters. The molecule has 0 fully saturated rings. The summed E-state index contributed by atoms with van der Waals surface area (Å²) in [7, 11) is 0. The molecule has 3 nitrogen and oxygen atoms in total. The first-order valence-corrected chi connectivity index (χ1v) is 6.07. The molecule has 1 aliphatic rings. The smallest absolute Gasteiger partial charge is 0.261 e. The van der Waals surface area contributed by atoms with Crippen LogP contribution < -0.4 is 4.90 Å². The second kappa shape index (κ2) is 4.14. The Morgan fingerprint density at radius 2 is 1.88 bits per heavy atom. The molecular weight excluding hydrogens is 222 g/mol. The summed E-state index contributed by atoms with van der Waals surface area (Å²) in [6.07, 6.45) is 3.30. The topological polar surface area (TPSA) is 37.4 Å². The van der Waals surface area contributed by atoms with Crippen molar-refractivity contribution in [3.63, 3.8) is 0 Å². The van der Waals surface area contributed by atoms with Crippen molar-refractivity contribution in [2.24, 2.45) is 0 Å². The van der Waals surface area contributed by atoms with Crippen LogP contribution in [-0.4, -0.2) is 18.1 Å². The van der Waals surface area contributed by atoms with Gasteiger partial charge in [-0.25, -0.2) is 4.90 Å². The lowest BCUT2D eigenvalue weighted by Crippen LogP contribution is -2.30. The molecule has 82 valence electrons. The minimum atomic E-state index is -0.260. The third-order valence-corrected chi connectivity index (χ3v) is 3.21. The van der Waals surface area contributed by atoms with E-state index in [0.717, 1.165) is 4.90 Å². The van der Waals surface area contributed by atoms with Crippen molar-refractivity contribution in [1.29, 1.82) is 0 Å². The first kappa shape index (κ1) is 11.0. The molecule has 0 unspecified atom stereocenters. The summed E-state index contributed by atoms with van der Waals surface area (Å²) in [6, 6.07) is 7.40. The number of hydrogen-bond acceptors (Lipinski definition) is 3. The van der Waals surface area contributed by atoms with Crippen LogP contribution in [0.2, 0.25) is 0 Å². The van der Waals surface area contributed by atoms with Crippen molar-refractivity contribution in [3.05, 3.63) is 35.9 Å². The highest BCUT2D eigenvalue weighted by atomic mass is 32.2. The Hall–Kier alpha value is -1.55. The predicted molar refractivity (Wildman–Crippen MR) is 64.5 cm³/mol. The second-order valence-corrected chi connectivity index (χ2v) is 4.33. The SMILES string of the molecule is CSc1ccccc1N1C(=O)C=C(C)C1=O. The summed E-state index contributed by atoms with van der Waals surface area (Å²) in [5.41, 5.74) is 1.15. The molecule has 2 amide bonds. The molecule has 0 saturated carbocycles. The Kier molecular flexibility index (Phi) is 2.83. The van der Waals surface area contributed by atoms with Gasteiger partial charge in [0.1, 0.15) is 0 Å². The minimum absolute atomic E-state index is 0.230. The number of amides is 2. The lowest BCUT2D eigenvalue weighted by atomic mass is 10.3. The number of benzene rings is 1. The lowest BCUT2D eigenvalue weighted by molar-refractivity contribution is -0.120. The number of nitrogens with zero attached hydrogens (tertiary/aromatic N) is 1. The molecule has 0 radical (unpaired) electrons. The van der Waals surface area contributed by atoms with E-state index in [9.17, 15) is 9.59 Å². The number of thioether (sulfide) groups is 1. The third-order valence-electron chi connectivity index (χ3n) is 2.43. The van der Waals surface area contributed by atoms with E-state index in [0.29, 0.717) is 11.3 Å². The molecule has 0 bridgehead atoms. The molecule has 1 heterocycles. The Labute approximate surface area is 98.1 Å². The highest BCUT2D eigenvalue weighted by molar-refractivity contribution is 7.98. The van der Waals surface area contributed by atoms with Crippen LogP contribution in [0, 0.1) is 0 Å². The van der Waals surface area contributed by atoms with Gasteiger partial charge in [0.05, 0.1) is 5.69 Å². The molecule has 4 heteroatoms. The van der Waals surface area contributed by atoms with Crippen LogP contribution in [0.15, 0.2) is 40.8 Å². The van der Waals surface area contributed by atoms with Gasteiger partial charge in [-0.15, -0.1) is 11.8 Å². The number of rotatable bonds is 2. The standard InChI is InChI=1S/C12H11NO2S/c1-8-7-11(14)13(12(8)15)9-5-3-4-6-10(9)16-2/h3-7H,1-2H3. The quantitative estimate of drug-likeness (QED) is 0.580. The fourth-order valence-corrected chi connectivity index (χ4v) is 2.21. The monoisotopic (exact) mass is 233 g/mol. The van der Waals surface area contributed by atoms with Crippen molar-refractivity contribution in [1.82, 2.24) is 0 Å². The van der Waals surface area contributed by atoms with Gasteiger partial charge in [-0.3, -0.25) is 9.59 Å². The van der Waals surface area contributed by atoms with Gasteiger partial charge in [-0.1, -0.05) is 12.1 Å². The number of imide groups is 1. The van der Waals surface area contributed by atoms with E-state index in [-0.39, 0.29) is 11.8 Å². The van der Waals surface area contributed by atoms with E-state index in [1.54, 1.807) is 13.0 Å². The maximum atomic E-state index is 11.8. The van der Waals surface area contributed by atoms with Gasteiger partial charge in [0.2, 0.25) is 0 Å². The zero-order chi connectivity index (χ0) is 11.7. The summed E-state index contributed by atoms with van der Waals surface area (Å²) in [6.45, 7) is 1.65. The molecule has 0 N–H and O–H groups in total. The highest BCUT2D eigenvalue weighted by Crippen LogP contribution is 2.31. The van der Waals surface area contributed by atoms with Crippen LogP contribution >= 0.6 is 11.8 Å². The molecule has 1 aromatic carbocycles. The normalized spacial score (nSPS) is 15.6. The van der Waals surface area contributed by atoms with E-state index < -0.39 is 0 Å². The number of anilines is 1. The van der Waals surface area contributed by atoms with Crippen molar-refractivity contribution in [2.45, 2.75) is 11.8 Å². The summed E-state index contributed by atoms with van der Waals surface area (Å²) in [4.78, 5) is 25.6. The van der Waals surface area contributed by atoms with Gasteiger partial charge in [-0.2, -0.15) is 0 Å². The average Bonchev–Trinajstić information content (AvgIpc) is 2.53. The van der Waals surface area contributed by atoms with Crippen LogP contribution in [0.3, 0.4) is 0 Å². The number of hydrogen-bond donors (Lipinski definition) is 0. The Morgan fingerprint density at radius 3 is 2.44 bits per heavy atom. The first-order valence-electron chi connectivity index (χ1n) is 4.85. The number of carbonyl (C=O) groups is 2. The predicted octanol–water partition coefficient (Wildman–Crippen LogP) is 2.23. The van der Waals surface area contributed by atoms with Crippen molar-refractivity contribution in [2.75, 3.05) is 11.2 Å². The Balaban J connectivity index is 2.46. The molecule has 2 rings (SSSR count). The van der Waals surface area contributed by atoms with Gasteiger partial charge >= 0.3 is 0 Å². The van der Waals surface area contributed by atoms with Crippen LogP contribution in [-0.2, 0) is 9.59 Å². The van der Waals surface area contributed by atoms with Gasteiger partial charge in [0.15, 0.2) is 0 Å². The van der Waals surface area contributed by atoms with Crippen molar-refractivity contribution >= 4 is 29.3 Å². The van der Waals surface area contributed by atoms with E-state index in [1.807, 2.05) is 24.5 Å². The summed E-state index contributed by atoms with van der Waals surface area (Å²) in [5.74, 6) is -0.490. The Morgan fingerprint density at radius 1 is 1.19 bits per heavy atom. The molecule has 1 aliphatic heterocycles. The van der Waals surface area contributed by atoms with Gasteiger partial charge in [-0.05, 0) is 25.3 Å².